The van der Waals surface area contributed by atoms with Crippen LogP contribution in [0.2, 0.25) is 0 Å². The second-order valence-electron chi connectivity index (χ2n) is 5.31. The first-order valence-corrected chi connectivity index (χ1v) is 7.94. The van der Waals surface area contributed by atoms with E-state index in [-0.39, 0.29) is 29.6 Å². The molecule has 3 rings (SSSR count). The van der Waals surface area contributed by atoms with Crippen LogP contribution in [-0.2, 0) is 13.8 Å². The highest BCUT2D eigenvalue weighted by molar-refractivity contribution is 7.32. The van der Waals surface area contributed by atoms with E-state index in [9.17, 15) is 9.36 Å². The maximum atomic E-state index is 11.8. The normalized spacial score (nSPS) is 28.4. The third-order valence-corrected chi connectivity index (χ3v) is 4.24. The zero-order chi connectivity index (χ0) is 16.7. The first-order valence-electron chi connectivity index (χ1n) is 6.81. The summed E-state index contributed by atoms with van der Waals surface area (Å²) in [5, 5.41) is 0. The summed E-state index contributed by atoms with van der Waals surface area (Å²) >= 11 is 0. The molecule has 1 aliphatic rings. The molecular formula is C11H16N6O5P+. The molecule has 0 bridgehead atoms. The summed E-state index contributed by atoms with van der Waals surface area (Å²) < 4.78 is 22.7. The summed E-state index contributed by atoms with van der Waals surface area (Å²) in [6.45, 7) is 1.74. The van der Waals surface area contributed by atoms with Gasteiger partial charge in [-0.1, -0.05) is 6.92 Å². The molecule has 0 amide bonds. The number of imidazole rings is 1. The summed E-state index contributed by atoms with van der Waals surface area (Å²) in [5.74, 6) is -0.198. The lowest BCUT2D eigenvalue weighted by atomic mass is 10.0. The third-order valence-electron chi connectivity index (χ3n) is 3.87. The zero-order valence-corrected chi connectivity index (χ0v) is 13.0. The van der Waals surface area contributed by atoms with Gasteiger partial charge in [0, 0.05) is 16.5 Å². The molecule has 12 heteroatoms. The van der Waals surface area contributed by atoms with E-state index in [0.717, 1.165) is 0 Å². The van der Waals surface area contributed by atoms with Crippen LogP contribution >= 0.6 is 8.25 Å². The number of hydrogen-bond donors (Lipinski definition) is 4. The van der Waals surface area contributed by atoms with Crippen molar-refractivity contribution in [1.29, 1.82) is 0 Å². The summed E-state index contributed by atoms with van der Waals surface area (Å²) in [6, 6.07) is -0.424. The van der Waals surface area contributed by atoms with Gasteiger partial charge in [-0.15, -0.1) is 9.42 Å². The average Bonchev–Trinajstić information content (AvgIpc) is 3.00. The van der Waals surface area contributed by atoms with E-state index in [1.807, 2.05) is 6.92 Å². The number of nitrogens with zero attached hydrogens (tertiary/aromatic N) is 3. The molecule has 6 N–H and O–H groups in total. The average molecular weight is 343 g/mol. The van der Waals surface area contributed by atoms with Crippen LogP contribution in [0.5, 0.6) is 0 Å². The maximum absolute atomic E-state index is 11.8. The van der Waals surface area contributed by atoms with Crippen molar-refractivity contribution >= 4 is 25.4 Å². The number of nitrogen functional groups attached to an aromatic ring is 1. The number of nitrogens with two attached hydrogens (primary N) is 2. The van der Waals surface area contributed by atoms with Gasteiger partial charge >= 0.3 is 8.25 Å². The van der Waals surface area contributed by atoms with E-state index >= 15 is 0 Å². The Morgan fingerprint density at radius 1 is 1.61 bits per heavy atom. The van der Waals surface area contributed by atoms with E-state index in [1.165, 1.54) is 6.33 Å². The molecule has 2 aromatic heterocycles. The Kier molecular flexibility index (Phi) is 4.13. The van der Waals surface area contributed by atoms with Crippen LogP contribution in [0.1, 0.15) is 13.2 Å². The number of rotatable bonds is 4. The number of hydrogen-bond acceptors (Lipinski definition) is 8. The summed E-state index contributed by atoms with van der Waals surface area (Å²) in [6.07, 6.45) is 0.308. The largest absolute Gasteiger partial charge is 0.694 e. The van der Waals surface area contributed by atoms with Gasteiger partial charge in [0.2, 0.25) is 5.95 Å². The van der Waals surface area contributed by atoms with Crippen LogP contribution in [0.4, 0.5) is 5.95 Å². The number of ether oxygens (including phenoxy) is 1. The second-order valence-corrected chi connectivity index (χ2v) is 6.04. The minimum atomic E-state index is -2.73. The number of anilines is 1. The van der Waals surface area contributed by atoms with E-state index in [0.29, 0.717) is 0 Å². The SMILES string of the molecule is CC1C(N)[C@@H](CO[P+](=O)O)O[C@H]1n1cnc2c(=O)[nH]c(N)nc21. The lowest BCUT2D eigenvalue weighted by Crippen LogP contribution is -2.37. The lowest BCUT2D eigenvalue weighted by Gasteiger charge is -2.17. The van der Waals surface area contributed by atoms with Gasteiger partial charge in [-0.2, -0.15) is 4.98 Å². The van der Waals surface area contributed by atoms with E-state index in [1.54, 1.807) is 4.57 Å². The first kappa shape index (κ1) is 16.0. The van der Waals surface area contributed by atoms with Crippen LogP contribution in [0, 0.1) is 5.92 Å². The summed E-state index contributed by atoms with van der Waals surface area (Å²) in [5.41, 5.74) is 11.6. The fourth-order valence-corrected chi connectivity index (χ4v) is 2.93. The molecule has 0 aromatic carbocycles. The molecule has 0 saturated carbocycles. The fourth-order valence-electron chi connectivity index (χ4n) is 2.66. The molecule has 3 unspecified atom stereocenters. The summed E-state index contributed by atoms with van der Waals surface area (Å²) in [4.78, 5) is 31.0. The van der Waals surface area contributed by atoms with Gasteiger partial charge in [0.25, 0.3) is 5.56 Å². The predicted octanol–water partition coefficient (Wildman–Crippen LogP) is -0.771. The van der Waals surface area contributed by atoms with Crippen molar-refractivity contribution in [2.45, 2.75) is 25.3 Å². The van der Waals surface area contributed by atoms with Crippen molar-refractivity contribution in [3.05, 3.63) is 16.7 Å². The Labute approximate surface area is 130 Å². The lowest BCUT2D eigenvalue weighted by molar-refractivity contribution is -0.0269. The van der Waals surface area contributed by atoms with Gasteiger partial charge in [-0.25, -0.2) is 4.98 Å². The molecule has 1 fully saturated rings. The number of H-pyrrole nitrogens is 1. The molecule has 124 valence electrons. The highest BCUT2D eigenvalue weighted by atomic mass is 31.1. The van der Waals surface area contributed by atoms with Gasteiger partial charge in [-0.05, 0) is 0 Å². The zero-order valence-electron chi connectivity index (χ0n) is 12.1. The molecule has 11 nitrogen and oxygen atoms in total. The Morgan fingerprint density at radius 2 is 2.35 bits per heavy atom. The molecule has 3 heterocycles. The van der Waals surface area contributed by atoms with Gasteiger partial charge in [-0.3, -0.25) is 14.3 Å². The molecular weight excluding hydrogens is 327 g/mol. The van der Waals surface area contributed by atoms with Gasteiger partial charge in [0.1, 0.15) is 18.9 Å². The van der Waals surface area contributed by atoms with Crippen molar-refractivity contribution in [2.24, 2.45) is 11.7 Å². The monoisotopic (exact) mass is 343 g/mol. The number of aromatic amines is 1. The molecule has 0 radical (unpaired) electrons. The first-order chi connectivity index (χ1) is 10.9. The van der Waals surface area contributed by atoms with Crippen LogP contribution in [0.25, 0.3) is 11.2 Å². The molecule has 5 atom stereocenters. The Balaban J connectivity index is 1.93. The number of aromatic nitrogens is 4. The van der Waals surface area contributed by atoms with Crippen LogP contribution in [-0.4, -0.2) is 43.2 Å². The van der Waals surface area contributed by atoms with Crippen molar-refractivity contribution < 1.29 is 18.7 Å². The van der Waals surface area contributed by atoms with E-state index in [2.05, 4.69) is 19.5 Å². The Hall–Kier alpha value is -1.91. The smallest absolute Gasteiger partial charge is 0.369 e. The molecule has 23 heavy (non-hydrogen) atoms. The van der Waals surface area contributed by atoms with Crippen molar-refractivity contribution in [1.82, 2.24) is 19.5 Å². The topological polar surface area (TPSA) is 171 Å². The highest BCUT2D eigenvalue weighted by Crippen LogP contribution is 2.35. The Bertz CT molecular complexity index is 806. The number of fused-ring (bicyclic) bond motifs is 1. The standard InChI is InChI=1S/C11H15N6O5P/c1-4-6(12)5(2-21-23(19)20)22-10(4)17-3-14-7-8(17)15-11(13)16-9(7)18/h3-6,10H,2,12H2,1H3,(H3-,13,15,16,18,19,20)/p+1/t4?,5-,6?,10-/m1/s1. The van der Waals surface area contributed by atoms with Crippen LogP contribution < -0.4 is 17.0 Å². The minimum Gasteiger partial charge on any atom is -0.369 e. The quantitative estimate of drug-likeness (QED) is 0.520. The molecule has 1 aliphatic heterocycles. The summed E-state index contributed by atoms with van der Waals surface area (Å²) in [7, 11) is -2.73. The van der Waals surface area contributed by atoms with Crippen molar-refractivity contribution in [3.63, 3.8) is 0 Å². The highest BCUT2D eigenvalue weighted by Gasteiger charge is 2.42. The van der Waals surface area contributed by atoms with Crippen molar-refractivity contribution in [3.8, 4) is 0 Å². The fraction of sp³-hybridized carbons (Fsp3) is 0.545. The predicted molar refractivity (Wildman–Crippen MR) is 79.4 cm³/mol. The molecule has 0 spiro atoms. The Morgan fingerprint density at radius 3 is 3.04 bits per heavy atom. The van der Waals surface area contributed by atoms with Crippen LogP contribution in [0.3, 0.4) is 0 Å². The van der Waals surface area contributed by atoms with Crippen molar-refractivity contribution in [2.75, 3.05) is 12.3 Å². The third kappa shape index (κ3) is 2.84. The van der Waals surface area contributed by atoms with Crippen LogP contribution in [0.15, 0.2) is 11.1 Å². The molecule has 1 saturated heterocycles. The second kappa shape index (κ2) is 5.95. The van der Waals surface area contributed by atoms with E-state index < -0.39 is 32.2 Å². The minimum absolute atomic E-state index is 0.0311. The van der Waals surface area contributed by atoms with Gasteiger partial charge in [0.15, 0.2) is 11.2 Å². The molecule has 0 aliphatic carbocycles. The van der Waals surface area contributed by atoms with Gasteiger partial charge < -0.3 is 16.2 Å². The maximum Gasteiger partial charge on any atom is 0.694 e. The molecule has 2 aromatic rings. The van der Waals surface area contributed by atoms with E-state index in [4.69, 9.17) is 21.1 Å². The van der Waals surface area contributed by atoms with Gasteiger partial charge in [0.05, 0.1) is 6.33 Å². The number of nitrogens with one attached hydrogen (secondary N) is 1.